The van der Waals surface area contributed by atoms with Crippen LogP contribution in [0.2, 0.25) is 0 Å². The van der Waals surface area contributed by atoms with Crippen molar-refractivity contribution in [2.45, 2.75) is 111 Å². The lowest BCUT2D eigenvalue weighted by molar-refractivity contribution is -0.152. The average molecular weight is 538 g/mol. The van der Waals surface area contributed by atoms with Gasteiger partial charge in [0.1, 0.15) is 0 Å². The maximum atomic E-state index is 12.5. The smallest absolute Gasteiger partial charge is 0.423 e. The van der Waals surface area contributed by atoms with Gasteiger partial charge in [-0.15, -0.1) is 0 Å². The SMILES string of the molecule is CC[C@H]1CC2[C@@H]3CC[C@H]([C@H](C)CCOC(=O)N4CCCCS4(=O)=O)[C@@]3(C)CC[C@@H]2[C@@]2(C)CC[C@@H](O)CC12. The Kier molecular flexibility index (Phi) is 7.72. The summed E-state index contributed by atoms with van der Waals surface area (Å²) in [6.45, 7) is 10.4. The highest BCUT2D eigenvalue weighted by molar-refractivity contribution is 7.89. The normalized spacial score (nSPS) is 45.9. The first-order chi connectivity index (χ1) is 17.5. The minimum atomic E-state index is -3.50. The van der Waals surface area contributed by atoms with E-state index in [1.807, 2.05) is 0 Å². The molecule has 37 heavy (non-hydrogen) atoms. The highest BCUT2D eigenvalue weighted by Crippen LogP contribution is 2.69. The summed E-state index contributed by atoms with van der Waals surface area (Å²) in [4.78, 5) is 12.5. The van der Waals surface area contributed by atoms with Crippen molar-refractivity contribution >= 4 is 16.1 Å². The monoisotopic (exact) mass is 537 g/mol. The Morgan fingerprint density at radius 3 is 2.49 bits per heavy atom. The molecule has 10 atom stereocenters. The predicted octanol–water partition coefficient (Wildman–Crippen LogP) is 6.23. The number of hydrogen-bond acceptors (Lipinski definition) is 5. The second-order valence-electron chi connectivity index (χ2n) is 14.0. The first-order valence-electron chi connectivity index (χ1n) is 15.4. The molecule has 2 unspecified atom stereocenters. The second-order valence-corrected chi connectivity index (χ2v) is 16.0. The first-order valence-corrected chi connectivity index (χ1v) is 17.0. The van der Waals surface area contributed by atoms with Crippen molar-refractivity contribution in [1.82, 2.24) is 4.31 Å². The first kappa shape index (κ1) is 27.7. The lowest BCUT2D eigenvalue weighted by atomic mass is 9.42. The molecule has 0 bridgehead atoms. The molecule has 4 saturated carbocycles. The number of ether oxygens (including phenoxy) is 1. The molecule has 5 rings (SSSR count). The van der Waals surface area contributed by atoms with Gasteiger partial charge in [0.05, 0.1) is 18.5 Å². The van der Waals surface area contributed by atoms with Crippen molar-refractivity contribution in [3.8, 4) is 0 Å². The molecule has 7 heteroatoms. The van der Waals surface area contributed by atoms with Gasteiger partial charge in [-0.25, -0.2) is 17.5 Å². The van der Waals surface area contributed by atoms with Crippen LogP contribution in [-0.2, 0) is 14.8 Å². The summed E-state index contributed by atoms with van der Waals surface area (Å²) in [6.07, 6.45) is 12.3. The summed E-state index contributed by atoms with van der Waals surface area (Å²) in [5.41, 5.74) is 0.729. The molecule has 0 spiro atoms. The summed E-state index contributed by atoms with van der Waals surface area (Å²) in [7, 11) is -3.50. The van der Waals surface area contributed by atoms with E-state index in [4.69, 9.17) is 4.74 Å². The zero-order valence-electron chi connectivity index (χ0n) is 23.7. The van der Waals surface area contributed by atoms with Gasteiger partial charge >= 0.3 is 6.09 Å². The highest BCUT2D eigenvalue weighted by atomic mass is 32.2. The Morgan fingerprint density at radius 2 is 1.76 bits per heavy atom. The third-order valence-electron chi connectivity index (χ3n) is 12.5. The molecule has 1 amide bonds. The van der Waals surface area contributed by atoms with Crippen molar-refractivity contribution in [2.75, 3.05) is 18.9 Å². The van der Waals surface area contributed by atoms with Crippen LogP contribution >= 0.6 is 0 Å². The van der Waals surface area contributed by atoms with E-state index in [0.717, 1.165) is 47.2 Å². The van der Waals surface area contributed by atoms with Crippen LogP contribution in [0.1, 0.15) is 105 Å². The minimum Gasteiger partial charge on any atom is -0.449 e. The molecule has 4 aliphatic carbocycles. The van der Waals surface area contributed by atoms with Gasteiger partial charge in [-0.1, -0.05) is 34.1 Å². The summed E-state index contributed by atoms with van der Waals surface area (Å²) < 4.78 is 30.9. The molecule has 5 aliphatic rings. The lowest BCUT2D eigenvalue weighted by Crippen LogP contribution is -2.56. The maximum Gasteiger partial charge on any atom is 0.423 e. The van der Waals surface area contributed by atoms with E-state index in [1.54, 1.807) is 0 Å². The highest BCUT2D eigenvalue weighted by Gasteiger charge is 2.62. The van der Waals surface area contributed by atoms with Crippen LogP contribution in [0.5, 0.6) is 0 Å². The zero-order valence-corrected chi connectivity index (χ0v) is 24.5. The number of aliphatic hydroxyl groups is 1. The van der Waals surface area contributed by atoms with Gasteiger partial charge in [0.15, 0.2) is 0 Å². The molecule has 6 nitrogen and oxygen atoms in total. The fourth-order valence-corrected chi connectivity index (χ4v) is 12.0. The molecule has 1 heterocycles. The Labute approximate surface area is 225 Å². The van der Waals surface area contributed by atoms with Crippen molar-refractivity contribution in [3.05, 3.63) is 0 Å². The number of fused-ring (bicyclic) bond motifs is 5. The van der Waals surface area contributed by atoms with Gasteiger partial charge in [-0.3, -0.25) is 0 Å². The van der Waals surface area contributed by atoms with E-state index in [9.17, 15) is 18.3 Å². The Bertz CT molecular complexity index is 954. The molecular weight excluding hydrogens is 486 g/mol. The Balaban J connectivity index is 1.23. The molecule has 212 valence electrons. The van der Waals surface area contributed by atoms with E-state index in [2.05, 4.69) is 27.7 Å². The lowest BCUT2D eigenvalue weighted by Gasteiger charge is -2.63. The number of aliphatic hydroxyl groups excluding tert-OH is 1. The largest absolute Gasteiger partial charge is 0.449 e. The molecule has 1 saturated heterocycles. The Morgan fingerprint density at radius 1 is 1.03 bits per heavy atom. The molecule has 0 aromatic carbocycles. The molecule has 1 aliphatic heterocycles. The van der Waals surface area contributed by atoms with E-state index in [1.165, 1.54) is 44.9 Å². The van der Waals surface area contributed by atoms with E-state index >= 15 is 0 Å². The van der Waals surface area contributed by atoms with Gasteiger partial charge in [0, 0.05) is 6.54 Å². The summed E-state index contributed by atoms with van der Waals surface area (Å²) >= 11 is 0. The van der Waals surface area contributed by atoms with Crippen molar-refractivity contribution in [1.29, 1.82) is 0 Å². The fraction of sp³-hybridized carbons (Fsp3) is 0.967. The number of rotatable bonds is 5. The molecule has 0 aromatic heterocycles. The van der Waals surface area contributed by atoms with Crippen LogP contribution in [0.4, 0.5) is 4.79 Å². The standard InChI is InChI=1S/C30H51NO5S/c1-5-21-18-23-25-9-8-24(20(2)12-16-36-28(33)31-15-6-7-17-37(31,34)35)29(25,3)14-11-26(23)30(4)13-10-22(32)19-27(21)30/h20-27,32H,5-19H2,1-4H3/t20-,21+,22-,23?,24-,25+,26+,27?,29-,30-/m1/s1. The summed E-state index contributed by atoms with van der Waals surface area (Å²) in [6, 6.07) is 0. The average Bonchev–Trinajstić information content (AvgIpc) is 3.21. The number of nitrogens with zero attached hydrogens (tertiary/aromatic N) is 1. The van der Waals surface area contributed by atoms with Crippen LogP contribution in [0, 0.1) is 52.3 Å². The third kappa shape index (κ3) is 4.76. The Hall–Kier alpha value is -0.820. The predicted molar refractivity (Wildman–Crippen MR) is 145 cm³/mol. The second kappa shape index (κ2) is 10.3. The molecule has 5 fully saturated rings. The number of hydrogen-bond donors (Lipinski definition) is 1. The van der Waals surface area contributed by atoms with E-state index in [0.29, 0.717) is 48.0 Å². The zero-order chi connectivity index (χ0) is 26.6. The van der Waals surface area contributed by atoms with Gasteiger partial charge in [-0.2, -0.15) is 0 Å². The topological polar surface area (TPSA) is 83.9 Å². The van der Waals surface area contributed by atoms with Gasteiger partial charge in [0.25, 0.3) is 0 Å². The third-order valence-corrected chi connectivity index (χ3v) is 14.3. The van der Waals surface area contributed by atoms with Gasteiger partial charge in [0.2, 0.25) is 10.0 Å². The molecule has 0 aromatic rings. The summed E-state index contributed by atoms with van der Waals surface area (Å²) in [5.74, 6) is 4.93. The number of carbonyl (C=O) groups is 1. The quantitative estimate of drug-likeness (QED) is 0.449. The van der Waals surface area contributed by atoms with Crippen LogP contribution in [0.15, 0.2) is 0 Å². The van der Waals surface area contributed by atoms with Crippen LogP contribution in [0.3, 0.4) is 0 Å². The van der Waals surface area contributed by atoms with Crippen LogP contribution in [0.25, 0.3) is 0 Å². The van der Waals surface area contributed by atoms with E-state index < -0.39 is 16.1 Å². The fourth-order valence-electron chi connectivity index (χ4n) is 10.5. The van der Waals surface area contributed by atoms with Crippen molar-refractivity contribution < 1.29 is 23.1 Å². The number of sulfonamides is 1. The number of amides is 1. The van der Waals surface area contributed by atoms with Gasteiger partial charge < -0.3 is 9.84 Å². The molecular formula is C30H51NO5S. The van der Waals surface area contributed by atoms with Crippen LogP contribution in [-0.4, -0.2) is 48.9 Å². The van der Waals surface area contributed by atoms with Gasteiger partial charge in [-0.05, 0) is 123 Å². The molecule has 0 radical (unpaired) electrons. The summed E-state index contributed by atoms with van der Waals surface area (Å²) in [5, 5.41) is 10.5. The minimum absolute atomic E-state index is 0.0434. The van der Waals surface area contributed by atoms with Crippen LogP contribution < -0.4 is 0 Å². The number of carbonyl (C=O) groups excluding carboxylic acids is 1. The van der Waals surface area contributed by atoms with Crippen molar-refractivity contribution in [2.24, 2.45) is 52.3 Å². The molecule has 1 N–H and O–H groups in total. The maximum absolute atomic E-state index is 12.5. The van der Waals surface area contributed by atoms with E-state index in [-0.39, 0.29) is 18.4 Å². The van der Waals surface area contributed by atoms with Crippen molar-refractivity contribution in [3.63, 3.8) is 0 Å².